The highest BCUT2D eigenvalue weighted by Gasteiger charge is 2.21. The van der Waals surface area contributed by atoms with E-state index in [2.05, 4.69) is 10.3 Å². The van der Waals surface area contributed by atoms with Crippen molar-refractivity contribution in [2.45, 2.75) is 12.8 Å². The fraction of sp³-hybridized carbons (Fsp3) is 0.167. The quantitative estimate of drug-likeness (QED) is 0.495. The molecule has 156 valence electrons. The molecule has 1 N–H and O–H groups in total. The van der Waals surface area contributed by atoms with Crippen molar-refractivity contribution in [3.05, 3.63) is 84.0 Å². The molecule has 3 aromatic rings. The topological polar surface area (TPSA) is 84.3 Å². The number of anilines is 2. The Hall–Kier alpha value is -4.00. The zero-order valence-electron chi connectivity index (χ0n) is 17.1. The summed E-state index contributed by atoms with van der Waals surface area (Å²) in [5.74, 6) is 0.0569. The number of hydrogen-bond acceptors (Lipinski definition) is 4. The second kappa shape index (κ2) is 8.79. The number of benzene rings is 2. The fourth-order valence-corrected chi connectivity index (χ4v) is 3.46. The molecule has 4 rings (SSSR count). The smallest absolute Gasteiger partial charge is 0.248 e. The Labute approximate surface area is 180 Å². The van der Waals surface area contributed by atoms with E-state index in [-0.39, 0.29) is 17.6 Å². The van der Waals surface area contributed by atoms with Crippen LogP contribution in [0.25, 0.3) is 6.08 Å². The average molecular weight is 414 g/mol. The van der Waals surface area contributed by atoms with Crippen molar-refractivity contribution in [1.82, 2.24) is 9.55 Å². The van der Waals surface area contributed by atoms with Gasteiger partial charge >= 0.3 is 0 Å². The molecule has 1 aliphatic rings. The first-order chi connectivity index (χ1) is 15.0. The minimum absolute atomic E-state index is 0.148. The van der Waals surface area contributed by atoms with Crippen molar-refractivity contribution in [2.75, 3.05) is 16.8 Å². The lowest BCUT2D eigenvalue weighted by Crippen LogP contribution is -2.23. The number of amides is 2. The van der Waals surface area contributed by atoms with E-state index in [0.717, 1.165) is 24.2 Å². The van der Waals surface area contributed by atoms with Crippen molar-refractivity contribution in [3.8, 4) is 0 Å². The highest BCUT2D eigenvalue weighted by atomic mass is 16.2. The van der Waals surface area contributed by atoms with E-state index in [1.807, 2.05) is 24.3 Å². The number of nitrogens with one attached hydrogen (secondary N) is 1. The molecule has 0 unspecified atom stereocenters. The Morgan fingerprint density at radius 2 is 1.81 bits per heavy atom. The van der Waals surface area contributed by atoms with E-state index in [1.165, 1.54) is 6.08 Å². The first-order valence-electron chi connectivity index (χ1n) is 10.0. The van der Waals surface area contributed by atoms with E-state index in [1.54, 1.807) is 59.2 Å². The van der Waals surface area contributed by atoms with Crippen LogP contribution in [-0.2, 0) is 16.6 Å². The van der Waals surface area contributed by atoms with Crippen molar-refractivity contribution < 1.29 is 14.4 Å². The molecule has 2 aromatic carbocycles. The van der Waals surface area contributed by atoms with Crippen LogP contribution in [-0.4, -0.2) is 33.7 Å². The molecule has 1 aliphatic heterocycles. The van der Waals surface area contributed by atoms with Gasteiger partial charge in [0.2, 0.25) is 17.6 Å². The molecule has 2 amide bonds. The molecule has 1 fully saturated rings. The van der Waals surface area contributed by atoms with E-state index < -0.39 is 0 Å². The molecular formula is C24H22N4O3. The Morgan fingerprint density at radius 1 is 1.06 bits per heavy atom. The van der Waals surface area contributed by atoms with Crippen molar-refractivity contribution in [1.29, 1.82) is 0 Å². The molecule has 7 nitrogen and oxygen atoms in total. The van der Waals surface area contributed by atoms with Crippen molar-refractivity contribution in [3.63, 3.8) is 0 Å². The van der Waals surface area contributed by atoms with Crippen molar-refractivity contribution in [2.24, 2.45) is 7.05 Å². The summed E-state index contributed by atoms with van der Waals surface area (Å²) in [6.07, 6.45) is 7.94. The lowest BCUT2D eigenvalue weighted by molar-refractivity contribution is -0.117. The van der Waals surface area contributed by atoms with Gasteiger partial charge in [-0.1, -0.05) is 12.1 Å². The first kappa shape index (κ1) is 20.3. The highest BCUT2D eigenvalue weighted by molar-refractivity contribution is 6.07. The Kier molecular flexibility index (Phi) is 5.75. The molecule has 2 heterocycles. The third-order valence-corrected chi connectivity index (χ3v) is 5.14. The van der Waals surface area contributed by atoms with Crippen LogP contribution in [0.1, 0.15) is 34.6 Å². The van der Waals surface area contributed by atoms with Gasteiger partial charge < -0.3 is 14.8 Å². The summed E-state index contributed by atoms with van der Waals surface area (Å²) in [5.41, 5.74) is 2.83. The van der Waals surface area contributed by atoms with Crippen LogP contribution in [0.5, 0.6) is 0 Å². The molecule has 0 saturated carbocycles. The van der Waals surface area contributed by atoms with Crippen LogP contribution >= 0.6 is 0 Å². The van der Waals surface area contributed by atoms with Gasteiger partial charge in [0.25, 0.3) is 0 Å². The summed E-state index contributed by atoms with van der Waals surface area (Å²) < 4.78 is 1.67. The SMILES string of the molecule is Cn1ccnc1C(=O)c1ccc(NC(=O)/C=C/c2ccc(N3CCCC3=O)cc2)cc1. The van der Waals surface area contributed by atoms with Crippen LogP contribution in [0.3, 0.4) is 0 Å². The van der Waals surface area contributed by atoms with Gasteiger partial charge in [-0.05, 0) is 54.5 Å². The minimum atomic E-state index is -0.276. The molecule has 31 heavy (non-hydrogen) atoms. The number of carbonyl (C=O) groups excluding carboxylic acids is 3. The maximum absolute atomic E-state index is 12.4. The lowest BCUT2D eigenvalue weighted by atomic mass is 10.1. The van der Waals surface area contributed by atoms with Crippen LogP contribution in [0.15, 0.2) is 67.0 Å². The van der Waals surface area contributed by atoms with E-state index in [4.69, 9.17) is 0 Å². The summed E-state index contributed by atoms with van der Waals surface area (Å²) in [7, 11) is 1.76. The van der Waals surface area contributed by atoms with Crippen LogP contribution in [0.4, 0.5) is 11.4 Å². The number of aryl methyl sites for hydroxylation is 1. The molecule has 0 atom stereocenters. The fourth-order valence-electron chi connectivity index (χ4n) is 3.46. The van der Waals surface area contributed by atoms with Gasteiger partial charge in [0.05, 0.1) is 0 Å². The number of rotatable bonds is 6. The number of carbonyl (C=O) groups is 3. The monoisotopic (exact) mass is 414 g/mol. The van der Waals surface area contributed by atoms with Gasteiger partial charge in [-0.25, -0.2) is 4.98 Å². The average Bonchev–Trinajstić information content (AvgIpc) is 3.40. The van der Waals surface area contributed by atoms with Crippen LogP contribution < -0.4 is 10.2 Å². The largest absolute Gasteiger partial charge is 0.331 e. The number of aromatic nitrogens is 2. The Morgan fingerprint density at radius 3 is 2.42 bits per heavy atom. The normalized spacial score (nSPS) is 13.7. The summed E-state index contributed by atoms with van der Waals surface area (Å²) in [5, 5.41) is 2.78. The lowest BCUT2D eigenvalue weighted by Gasteiger charge is -2.15. The predicted molar refractivity (Wildman–Crippen MR) is 119 cm³/mol. The molecule has 0 bridgehead atoms. The third kappa shape index (κ3) is 4.61. The Balaban J connectivity index is 1.35. The number of imidazole rings is 1. The van der Waals surface area contributed by atoms with Gasteiger partial charge in [-0.2, -0.15) is 0 Å². The van der Waals surface area contributed by atoms with Crippen LogP contribution in [0.2, 0.25) is 0 Å². The highest BCUT2D eigenvalue weighted by Crippen LogP contribution is 2.22. The molecule has 1 saturated heterocycles. The molecule has 0 spiro atoms. The van der Waals surface area contributed by atoms with Gasteiger partial charge in [0.15, 0.2) is 5.82 Å². The predicted octanol–water partition coefficient (Wildman–Crippen LogP) is 3.43. The second-order valence-electron chi connectivity index (χ2n) is 7.33. The molecular weight excluding hydrogens is 392 g/mol. The maximum atomic E-state index is 12.4. The van der Waals surface area contributed by atoms with Gasteiger partial charge in [0, 0.05) is 55.4 Å². The number of hydrogen-bond donors (Lipinski definition) is 1. The zero-order chi connectivity index (χ0) is 21.8. The summed E-state index contributed by atoms with van der Waals surface area (Å²) in [4.78, 5) is 42.3. The number of ketones is 1. The van der Waals surface area contributed by atoms with Gasteiger partial charge in [-0.3, -0.25) is 14.4 Å². The zero-order valence-corrected chi connectivity index (χ0v) is 17.1. The maximum Gasteiger partial charge on any atom is 0.248 e. The molecule has 1 aromatic heterocycles. The minimum Gasteiger partial charge on any atom is -0.331 e. The number of nitrogens with zero attached hydrogens (tertiary/aromatic N) is 3. The molecule has 0 aliphatic carbocycles. The molecule has 7 heteroatoms. The summed E-state index contributed by atoms with van der Waals surface area (Å²) >= 11 is 0. The third-order valence-electron chi connectivity index (χ3n) is 5.14. The second-order valence-corrected chi connectivity index (χ2v) is 7.33. The van der Waals surface area contributed by atoms with E-state index in [9.17, 15) is 14.4 Å². The van der Waals surface area contributed by atoms with Crippen LogP contribution in [0, 0.1) is 0 Å². The summed E-state index contributed by atoms with van der Waals surface area (Å²) in [6, 6.07) is 14.2. The standard InChI is InChI=1S/C24H22N4O3/c1-27-16-14-25-24(27)23(31)18-7-9-19(10-8-18)26-21(29)13-6-17-4-11-20(12-5-17)28-15-2-3-22(28)30/h4-14,16H,2-3,15H2,1H3,(H,26,29)/b13-6+. The Bertz CT molecular complexity index is 1140. The van der Waals surface area contributed by atoms with E-state index >= 15 is 0 Å². The summed E-state index contributed by atoms with van der Waals surface area (Å²) in [6.45, 7) is 0.752. The van der Waals surface area contributed by atoms with Crippen molar-refractivity contribution >= 4 is 35.0 Å². The first-order valence-corrected chi connectivity index (χ1v) is 10.0. The van der Waals surface area contributed by atoms with Gasteiger partial charge in [0.1, 0.15) is 0 Å². The van der Waals surface area contributed by atoms with E-state index in [0.29, 0.717) is 23.5 Å². The van der Waals surface area contributed by atoms with Gasteiger partial charge in [-0.15, -0.1) is 0 Å². The molecule has 0 radical (unpaired) electrons.